The minimum absolute atomic E-state index is 0.135. The van der Waals surface area contributed by atoms with Gasteiger partial charge in [-0.1, -0.05) is 42.0 Å². The summed E-state index contributed by atoms with van der Waals surface area (Å²) >= 11 is 0. The van der Waals surface area contributed by atoms with Crippen LogP contribution < -0.4 is 5.32 Å². The van der Waals surface area contributed by atoms with Crippen molar-refractivity contribution in [2.75, 3.05) is 0 Å². The quantitative estimate of drug-likeness (QED) is 0.328. The summed E-state index contributed by atoms with van der Waals surface area (Å²) in [5.74, 6) is -1.17. The Hall–Kier alpha value is -3.08. The fourth-order valence-corrected chi connectivity index (χ4v) is 2.53. The number of phenolic OH excluding ortho intramolecular Hbond substituents is 1. The summed E-state index contributed by atoms with van der Waals surface area (Å²) in [7, 11) is 0. The molecule has 0 spiro atoms. The summed E-state index contributed by atoms with van der Waals surface area (Å²) in [6.07, 6.45) is 7.52. The number of aliphatic hydroxyl groups is 1. The minimum atomic E-state index is -0.724. The lowest BCUT2D eigenvalue weighted by Gasteiger charge is -2.08. The Bertz CT molecular complexity index is 826. The van der Waals surface area contributed by atoms with Crippen molar-refractivity contribution < 1.29 is 19.8 Å². The van der Waals surface area contributed by atoms with Gasteiger partial charge in [-0.3, -0.25) is 9.59 Å². The molecule has 5 nitrogen and oxygen atoms in total. The molecule has 1 aliphatic rings. The van der Waals surface area contributed by atoms with E-state index in [0.29, 0.717) is 12.0 Å². The van der Waals surface area contributed by atoms with Gasteiger partial charge in [0, 0.05) is 6.42 Å². The van der Waals surface area contributed by atoms with E-state index in [9.17, 15) is 19.8 Å². The fraction of sp³-hybridized carbons (Fsp3) is 0.238. The van der Waals surface area contributed by atoms with Crippen LogP contribution in [0.5, 0.6) is 5.75 Å². The molecule has 26 heavy (non-hydrogen) atoms. The molecule has 0 aliphatic carbocycles. The molecule has 2 rings (SSSR count). The molecule has 1 fully saturated rings. The van der Waals surface area contributed by atoms with E-state index in [0.717, 1.165) is 11.1 Å². The number of rotatable bonds is 5. The number of benzene rings is 1. The van der Waals surface area contributed by atoms with Gasteiger partial charge >= 0.3 is 0 Å². The van der Waals surface area contributed by atoms with Gasteiger partial charge in [0.05, 0.1) is 6.04 Å². The molecular weight excluding hydrogens is 330 g/mol. The first-order valence-corrected chi connectivity index (χ1v) is 8.38. The summed E-state index contributed by atoms with van der Waals surface area (Å²) in [4.78, 5) is 24.7. The first-order chi connectivity index (χ1) is 12.3. The molecule has 0 aromatic heterocycles. The van der Waals surface area contributed by atoms with Crippen molar-refractivity contribution >= 4 is 11.7 Å². The zero-order valence-electron chi connectivity index (χ0n) is 15.1. The lowest BCUT2D eigenvalue weighted by atomic mass is 9.99. The highest BCUT2D eigenvalue weighted by atomic mass is 16.3. The van der Waals surface area contributed by atoms with Gasteiger partial charge in [-0.25, -0.2) is 0 Å². The van der Waals surface area contributed by atoms with E-state index in [1.54, 1.807) is 31.2 Å². The first kappa shape index (κ1) is 19.2. The number of carbonyl (C=O) groups excluding carboxylic acids is 2. The number of amides is 1. The molecule has 1 aromatic rings. The second-order valence-corrected chi connectivity index (χ2v) is 6.23. The topological polar surface area (TPSA) is 86.6 Å². The third kappa shape index (κ3) is 4.51. The van der Waals surface area contributed by atoms with Crippen molar-refractivity contribution in [1.82, 2.24) is 5.32 Å². The van der Waals surface area contributed by atoms with E-state index in [2.05, 4.69) is 5.32 Å². The van der Waals surface area contributed by atoms with Gasteiger partial charge in [0.1, 0.15) is 17.1 Å². The van der Waals surface area contributed by atoms with E-state index in [1.807, 2.05) is 26.0 Å². The standard InChI is InChI=1S/C21H23NO4/c1-4-13(2)6-5-7-14(3)19(24)18-20(25)17(22-21(18)26)12-15-8-10-16(23)11-9-15/h4-11,17,23-24H,12H2,1-3H3,(H,22,26)/b6-5+,13-4+,14-7+,19-18+/t17-/m0/s1. The summed E-state index contributed by atoms with van der Waals surface area (Å²) in [6, 6.07) is 5.71. The molecule has 136 valence electrons. The second kappa shape index (κ2) is 8.34. The number of aliphatic hydroxyl groups excluding tert-OH is 1. The fourth-order valence-electron chi connectivity index (χ4n) is 2.53. The number of hydrogen-bond acceptors (Lipinski definition) is 4. The van der Waals surface area contributed by atoms with Crippen molar-refractivity contribution in [1.29, 1.82) is 0 Å². The number of aromatic hydroxyl groups is 1. The first-order valence-electron chi connectivity index (χ1n) is 8.38. The maximum Gasteiger partial charge on any atom is 0.259 e. The Labute approximate surface area is 153 Å². The molecule has 1 heterocycles. The largest absolute Gasteiger partial charge is 0.508 e. The molecule has 0 unspecified atom stereocenters. The maximum absolute atomic E-state index is 12.6. The molecule has 0 saturated carbocycles. The highest BCUT2D eigenvalue weighted by Crippen LogP contribution is 2.22. The zero-order valence-corrected chi connectivity index (χ0v) is 15.1. The second-order valence-electron chi connectivity index (χ2n) is 6.23. The van der Waals surface area contributed by atoms with Crippen molar-refractivity contribution in [3.63, 3.8) is 0 Å². The van der Waals surface area contributed by atoms with Gasteiger partial charge in [-0.05, 0) is 44.0 Å². The molecule has 5 heteroatoms. The smallest absolute Gasteiger partial charge is 0.259 e. The summed E-state index contributed by atoms with van der Waals surface area (Å²) in [5, 5.41) is 22.3. The van der Waals surface area contributed by atoms with Crippen molar-refractivity contribution in [3.05, 3.63) is 76.6 Å². The van der Waals surface area contributed by atoms with Crippen LogP contribution >= 0.6 is 0 Å². The van der Waals surface area contributed by atoms with E-state index in [4.69, 9.17) is 0 Å². The SMILES string of the molecule is C/C=C(C)/C=C/C=C(C)/C(O)=C1\C(=O)N[C@@H](Cc2ccc(O)cc2)C1=O. The lowest BCUT2D eigenvalue weighted by molar-refractivity contribution is -0.117. The van der Waals surface area contributed by atoms with E-state index in [1.165, 1.54) is 12.1 Å². The number of ketones is 1. The molecule has 0 radical (unpaired) electrons. The van der Waals surface area contributed by atoms with Crippen LogP contribution in [-0.4, -0.2) is 27.9 Å². The molecule has 1 aromatic carbocycles. The third-order valence-electron chi connectivity index (χ3n) is 4.24. The van der Waals surface area contributed by atoms with Crippen molar-refractivity contribution in [2.45, 2.75) is 33.2 Å². The van der Waals surface area contributed by atoms with Crippen LogP contribution in [0.25, 0.3) is 0 Å². The molecule has 1 amide bonds. The molecular formula is C21H23NO4. The zero-order chi connectivity index (χ0) is 19.3. The highest BCUT2D eigenvalue weighted by Gasteiger charge is 2.38. The van der Waals surface area contributed by atoms with E-state index in [-0.39, 0.29) is 17.1 Å². The number of allylic oxidation sites excluding steroid dienone is 6. The van der Waals surface area contributed by atoms with E-state index >= 15 is 0 Å². The average Bonchev–Trinajstić information content (AvgIpc) is 2.89. The van der Waals surface area contributed by atoms with Gasteiger partial charge in [-0.15, -0.1) is 0 Å². The highest BCUT2D eigenvalue weighted by molar-refractivity contribution is 6.27. The van der Waals surface area contributed by atoms with Crippen LogP contribution in [0.3, 0.4) is 0 Å². The van der Waals surface area contributed by atoms with Gasteiger partial charge in [0.2, 0.25) is 0 Å². The Kier molecular flexibility index (Phi) is 6.17. The Morgan fingerprint density at radius 2 is 1.85 bits per heavy atom. The lowest BCUT2D eigenvalue weighted by Crippen LogP contribution is -2.31. The molecule has 1 saturated heterocycles. The Morgan fingerprint density at radius 3 is 2.46 bits per heavy atom. The van der Waals surface area contributed by atoms with Gasteiger partial charge in [0.15, 0.2) is 5.78 Å². The van der Waals surface area contributed by atoms with Crippen LogP contribution in [0.1, 0.15) is 26.3 Å². The van der Waals surface area contributed by atoms with E-state index < -0.39 is 17.7 Å². The predicted molar refractivity (Wildman–Crippen MR) is 101 cm³/mol. The van der Waals surface area contributed by atoms with Crippen molar-refractivity contribution in [2.24, 2.45) is 0 Å². The summed E-state index contributed by atoms with van der Waals surface area (Å²) in [6.45, 7) is 5.51. The molecule has 3 N–H and O–H groups in total. The number of hydrogen-bond donors (Lipinski definition) is 3. The van der Waals surface area contributed by atoms with Gasteiger partial charge < -0.3 is 15.5 Å². The van der Waals surface area contributed by atoms with Crippen LogP contribution in [0.4, 0.5) is 0 Å². The van der Waals surface area contributed by atoms with Crippen LogP contribution in [0, 0.1) is 0 Å². The third-order valence-corrected chi connectivity index (χ3v) is 4.24. The number of Topliss-reactive ketones (excluding diaryl/α,β-unsaturated/α-hetero) is 1. The van der Waals surface area contributed by atoms with Gasteiger partial charge in [-0.2, -0.15) is 0 Å². The van der Waals surface area contributed by atoms with Crippen LogP contribution in [0.2, 0.25) is 0 Å². The predicted octanol–water partition coefficient (Wildman–Crippen LogP) is 3.28. The van der Waals surface area contributed by atoms with Crippen LogP contribution in [0.15, 0.2) is 71.0 Å². The maximum atomic E-state index is 12.6. The minimum Gasteiger partial charge on any atom is -0.508 e. The van der Waals surface area contributed by atoms with Crippen molar-refractivity contribution in [3.8, 4) is 5.75 Å². The summed E-state index contributed by atoms with van der Waals surface area (Å²) in [5.41, 5.74) is 2.09. The van der Waals surface area contributed by atoms with Crippen LogP contribution in [-0.2, 0) is 16.0 Å². The van der Waals surface area contributed by atoms with Gasteiger partial charge in [0.25, 0.3) is 5.91 Å². The summed E-state index contributed by atoms with van der Waals surface area (Å²) < 4.78 is 0. The average molecular weight is 353 g/mol. The monoisotopic (exact) mass is 353 g/mol. The number of phenols is 1. The Morgan fingerprint density at radius 1 is 1.19 bits per heavy atom. The number of carbonyl (C=O) groups is 2. The molecule has 0 bridgehead atoms. The Balaban J connectivity index is 2.20. The molecule has 1 aliphatic heterocycles. The normalized spacial score (nSPS) is 20.7. The molecule has 1 atom stereocenters. The number of nitrogens with one attached hydrogen (secondary N) is 1.